The first kappa shape index (κ1) is 44.3. The predicted molar refractivity (Wildman–Crippen MR) is 338 cm³/mol. The maximum Gasteiger partial charge on any atom is 0.0782 e. The molecule has 2 aliphatic rings. The molecule has 81 heavy (non-hydrogen) atoms. The van der Waals surface area contributed by atoms with E-state index in [1.807, 2.05) is 0 Å². The smallest absolute Gasteiger partial charge is 0.0782 e. The second-order valence-electron chi connectivity index (χ2n) is 21.9. The predicted octanol–water partition coefficient (Wildman–Crippen LogP) is 19.9. The maximum absolute atomic E-state index is 2.65. The van der Waals surface area contributed by atoms with Crippen LogP contribution < -0.4 is 4.90 Å². The molecule has 13 aromatic carbocycles. The number of fused-ring (bicyclic) bond motifs is 21. The normalized spacial score (nSPS) is 13.0. The number of rotatable bonds is 6. The zero-order chi connectivity index (χ0) is 52.9. The van der Waals surface area contributed by atoms with Gasteiger partial charge in [-0.05, 0) is 129 Å². The molecule has 3 aromatic heterocycles. The van der Waals surface area contributed by atoms with E-state index in [-0.39, 0.29) is 0 Å². The van der Waals surface area contributed by atoms with E-state index in [1.54, 1.807) is 0 Å². The van der Waals surface area contributed by atoms with Crippen molar-refractivity contribution in [3.63, 3.8) is 0 Å². The quantitative estimate of drug-likeness (QED) is 0.162. The molecular weight excluding hydrogens is 981 g/mol. The molecule has 0 atom stereocenters. The molecule has 376 valence electrons. The Bertz CT molecular complexity index is 5260. The average molecular weight is 1030 g/mol. The van der Waals surface area contributed by atoms with Gasteiger partial charge in [0.25, 0.3) is 0 Å². The molecule has 18 rings (SSSR count). The molecule has 4 nitrogen and oxygen atoms in total. The Balaban J connectivity index is 0.994. The van der Waals surface area contributed by atoms with Gasteiger partial charge >= 0.3 is 0 Å². The topological polar surface area (TPSA) is 18.0 Å². The molecule has 0 N–H and O–H groups in total. The number of para-hydroxylation sites is 6. The molecule has 0 saturated heterocycles. The van der Waals surface area contributed by atoms with Crippen LogP contribution >= 0.6 is 0 Å². The van der Waals surface area contributed by atoms with Crippen LogP contribution in [0.4, 0.5) is 17.1 Å². The van der Waals surface area contributed by atoms with Gasteiger partial charge in [0.1, 0.15) is 0 Å². The molecule has 0 fully saturated rings. The average Bonchev–Trinajstić information content (AvgIpc) is 2.45. The second kappa shape index (κ2) is 16.7. The van der Waals surface area contributed by atoms with Crippen molar-refractivity contribution in [2.45, 2.75) is 5.41 Å². The highest BCUT2D eigenvalue weighted by molar-refractivity contribution is 6.21. The summed E-state index contributed by atoms with van der Waals surface area (Å²) in [6, 6.07) is 109. The SMILES string of the molecule is c1ccc(-n2c3ccccc3c3ccc(-n4c5ccccc5c5c(N(c6cccc7c6-c6c(ccc8ccccc68)C76c7ccccc7-c7ccccc76)c6cccc7c8ccccc8n(-c8ccccc8)c67)cccc54)cc32)cc1. The van der Waals surface area contributed by atoms with Crippen molar-refractivity contribution in [1.82, 2.24) is 13.7 Å². The number of hydrogen-bond donors (Lipinski definition) is 0. The number of anilines is 3. The van der Waals surface area contributed by atoms with Crippen LogP contribution in [0.2, 0.25) is 0 Å². The van der Waals surface area contributed by atoms with Crippen molar-refractivity contribution >= 4 is 93.3 Å². The monoisotopic (exact) mass is 1030 g/mol. The van der Waals surface area contributed by atoms with Crippen molar-refractivity contribution < 1.29 is 0 Å². The van der Waals surface area contributed by atoms with Gasteiger partial charge in [-0.25, -0.2) is 0 Å². The van der Waals surface area contributed by atoms with Crippen LogP contribution in [0.15, 0.2) is 291 Å². The Kier molecular flexibility index (Phi) is 9.12. The van der Waals surface area contributed by atoms with Crippen molar-refractivity contribution in [1.29, 1.82) is 0 Å². The lowest BCUT2D eigenvalue weighted by molar-refractivity contribution is 0.794. The summed E-state index contributed by atoms with van der Waals surface area (Å²) in [4.78, 5) is 2.65. The van der Waals surface area contributed by atoms with Gasteiger partial charge in [-0.3, -0.25) is 0 Å². The molecule has 3 heterocycles. The molecule has 0 aliphatic heterocycles. The molecule has 0 amide bonds. The minimum atomic E-state index is -0.572. The lowest BCUT2D eigenvalue weighted by atomic mass is 9.70. The minimum absolute atomic E-state index is 0.572. The van der Waals surface area contributed by atoms with Gasteiger partial charge in [0.05, 0.1) is 55.6 Å². The van der Waals surface area contributed by atoms with Gasteiger partial charge in [0, 0.05) is 54.9 Å². The summed E-state index contributed by atoms with van der Waals surface area (Å²) in [6.07, 6.45) is 0. The van der Waals surface area contributed by atoms with Gasteiger partial charge in [-0.1, -0.05) is 212 Å². The van der Waals surface area contributed by atoms with Crippen molar-refractivity contribution in [2.24, 2.45) is 0 Å². The van der Waals surface area contributed by atoms with Crippen LogP contribution in [-0.2, 0) is 5.41 Å². The highest BCUT2D eigenvalue weighted by Crippen LogP contribution is 2.66. The van der Waals surface area contributed by atoms with E-state index < -0.39 is 5.41 Å². The Labute approximate surface area is 467 Å². The van der Waals surface area contributed by atoms with Gasteiger partial charge in [0.15, 0.2) is 0 Å². The molecule has 2 aliphatic carbocycles. The van der Waals surface area contributed by atoms with Gasteiger partial charge in [0.2, 0.25) is 0 Å². The highest BCUT2D eigenvalue weighted by atomic mass is 15.2. The van der Waals surface area contributed by atoms with E-state index in [0.717, 1.165) is 56.2 Å². The zero-order valence-corrected chi connectivity index (χ0v) is 44.0. The fourth-order valence-corrected chi connectivity index (χ4v) is 14.9. The van der Waals surface area contributed by atoms with E-state index in [2.05, 4.69) is 310 Å². The molecule has 0 radical (unpaired) electrons. The van der Waals surface area contributed by atoms with E-state index in [1.165, 1.54) is 98.6 Å². The Morgan fingerprint density at radius 2 is 0.741 bits per heavy atom. The van der Waals surface area contributed by atoms with Gasteiger partial charge < -0.3 is 18.6 Å². The van der Waals surface area contributed by atoms with E-state index in [4.69, 9.17) is 0 Å². The number of nitrogens with zero attached hydrogens (tertiary/aromatic N) is 4. The Morgan fingerprint density at radius 1 is 0.259 bits per heavy atom. The van der Waals surface area contributed by atoms with Gasteiger partial charge in [-0.2, -0.15) is 0 Å². The summed E-state index contributed by atoms with van der Waals surface area (Å²) in [5.74, 6) is 0. The lowest BCUT2D eigenvalue weighted by Crippen LogP contribution is -2.26. The molecule has 4 heteroatoms. The Morgan fingerprint density at radius 3 is 1.48 bits per heavy atom. The highest BCUT2D eigenvalue weighted by Gasteiger charge is 2.53. The fraction of sp³-hybridized carbons (Fsp3) is 0.0130. The third-order valence-corrected chi connectivity index (χ3v) is 18.0. The third kappa shape index (κ3) is 5.87. The second-order valence-corrected chi connectivity index (χ2v) is 21.9. The van der Waals surface area contributed by atoms with Crippen LogP contribution in [0.25, 0.3) is 116 Å². The summed E-state index contributed by atoms with van der Waals surface area (Å²) in [7, 11) is 0. The van der Waals surface area contributed by atoms with E-state index >= 15 is 0 Å². The standard InChI is InChI=1S/C77H48N4/c1-3-23-50(24-4-1)78-65-37-16-11-30-56(65)58-46-45-52(48-72(58)78)79-67-39-18-13-32-60(67)74-68(79)41-21-42-69(74)81(71-43-19-33-59-57-31-12-17-38-66(57)80(76(59)71)51-25-5-2-6-26-51)70-40-20-36-63-75(70)73-53-27-8-7-22-49(53)44-47-64(73)77(63)61-34-14-9-28-54(61)55-29-10-15-35-62(55)77/h1-48H. The fourth-order valence-electron chi connectivity index (χ4n) is 14.9. The molecule has 0 saturated carbocycles. The van der Waals surface area contributed by atoms with E-state index in [9.17, 15) is 0 Å². The molecule has 0 bridgehead atoms. The number of aromatic nitrogens is 3. The summed E-state index contributed by atoms with van der Waals surface area (Å²) >= 11 is 0. The first-order valence-corrected chi connectivity index (χ1v) is 28.1. The van der Waals surface area contributed by atoms with E-state index in [0.29, 0.717) is 0 Å². The summed E-state index contributed by atoms with van der Waals surface area (Å²) in [6.45, 7) is 0. The van der Waals surface area contributed by atoms with Crippen LogP contribution in [0, 0.1) is 0 Å². The van der Waals surface area contributed by atoms with Crippen LogP contribution in [0.5, 0.6) is 0 Å². The summed E-state index contributed by atoms with van der Waals surface area (Å²) < 4.78 is 7.42. The largest absolute Gasteiger partial charge is 0.309 e. The first-order chi connectivity index (χ1) is 40.3. The molecule has 0 unspecified atom stereocenters. The lowest BCUT2D eigenvalue weighted by Gasteiger charge is -2.32. The third-order valence-electron chi connectivity index (χ3n) is 18.0. The Hall–Kier alpha value is -10.7. The number of hydrogen-bond acceptors (Lipinski definition) is 1. The molecule has 16 aromatic rings. The van der Waals surface area contributed by atoms with Crippen LogP contribution in [0.3, 0.4) is 0 Å². The summed E-state index contributed by atoms with van der Waals surface area (Å²) in [5.41, 5.74) is 23.4. The van der Waals surface area contributed by atoms with Crippen molar-refractivity contribution in [3.05, 3.63) is 313 Å². The first-order valence-electron chi connectivity index (χ1n) is 28.1. The summed E-state index contributed by atoms with van der Waals surface area (Å²) in [5, 5.41) is 9.70. The molecule has 1 spiro atoms. The van der Waals surface area contributed by atoms with Gasteiger partial charge in [-0.15, -0.1) is 0 Å². The number of benzene rings is 13. The minimum Gasteiger partial charge on any atom is -0.309 e. The maximum atomic E-state index is 2.65. The van der Waals surface area contributed by atoms with Crippen molar-refractivity contribution in [2.75, 3.05) is 4.90 Å². The van der Waals surface area contributed by atoms with Crippen LogP contribution in [-0.4, -0.2) is 13.7 Å². The van der Waals surface area contributed by atoms with Crippen LogP contribution in [0.1, 0.15) is 22.3 Å². The van der Waals surface area contributed by atoms with Crippen molar-refractivity contribution in [3.8, 4) is 39.3 Å². The zero-order valence-electron chi connectivity index (χ0n) is 44.0. The molecular formula is C77H48N4.